The fraction of sp³-hybridized carbons (Fsp3) is 0.591. The summed E-state index contributed by atoms with van der Waals surface area (Å²) >= 11 is 0. The number of imide groups is 1. The van der Waals surface area contributed by atoms with E-state index >= 15 is 0 Å². The van der Waals surface area contributed by atoms with Crippen LogP contribution in [0.2, 0.25) is 0 Å². The summed E-state index contributed by atoms with van der Waals surface area (Å²) in [6.07, 6.45) is 3.84. The first-order chi connectivity index (χ1) is 13.2. The Kier molecular flexibility index (Phi) is 4.47. The van der Waals surface area contributed by atoms with Crippen LogP contribution in [-0.4, -0.2) is 53.3 Å². The van der Waals surface area contributed by atoms with Gasteiger partial charge in [-0.15, -0.1) is 0 Å². The molecule has 28 heavy (non-hydrogen) atoms. The normalized spacial score (nSPS) is 27.9. The highest BCUT2D eigenvalue weighted by molar-refractivity contribution is 6.21. The summed E-state index contributed by atoms with van der Waals surface area (Å²) in [5.41, 5.74) is 1.43. The number of nitrogens with zero attached hydrogens (tertiary/aromatic N) is 2. The second kappa shape index (κ2) is 6.61. The van der Waals surface area contributed by atoms with Crippen molar-refractivity contribution >= 4 is 17.8 Å². The average molecular weight is 383 g/mol. The van der Waals surface area contributed by atoms with Crippen molar-refractivity contribution in [1.82, 2.24) is 15.1 Å². The Balaban J connectivity index is 1.28. The lowest BCUT2D eigenvalue weighted by atomic mass is 9.65. The van der Waals surface area contributed by atoms with Gasteiger partial charge in [-0.1, -0.05) is 32.9 Å². The molecule has 3 aliphatic rings. The maximum absolute atomic E-state index is 12.7. The van der Waals surface area contributed by atoms with Crippen molar-refractivity contribution < 1.29 is 14.4 Å². The number of hydrogen-bond acceptors (Lipinski definition) is 3. The quantitative estimate of drug-likeness (QED) is 0.641. The summed E-state index contributed by atoms with van der Waals surface area (Å²) in [6.45, 7) is 8.46. The number of rotatable bonds is 4. The third-order valence-electron chi connectivity index (χ3n) is 6.39. The van der Waals surface area contributed by atoms with Gasteiger partial charge in [0.15, 0.2) is 0 Å². The van der Waals surface area contributed by atoms with E-state index in [-0.39, 0.29) is 28.7 Å². The number of amides is 4. The third-order valence-corrected chi connectivity index (χ3v) is 6.39. The molecule has 1 saturated carbocycles. The fourth-order valence-corrected chi connectivity index (χ4v) is 5.67. The van der Waals surface area contributed by atoms with Crippen LogP contribution in [0.4, 0.5) is 4.79 Å². The van der Waals surface area contributed by atoms with E-state index in [0.29, 0.717) is 36.7 Å². The van der Waals surface area contributed by atoms with Crippen LogP contribution in [0.25, 0.3) is 0 Å². The second-order valence-corrected chi connectivity index (χ2v) is 9.73. The van der Waals surface area contributed by atoms with Crippen LogP contribution in [0, 0.1) is 10.8 Å². The zero-order chi connectivity index (χ0) is 20.1. The van der Waals surface area contributed by atoms with E-state index in [1.807, 2.05) is 4.90 Å². The van der Waals surface area contributed by atoms with Crippen LogP contribution in [0.15, 0.2) is 24.3 Å². The van der Waals surface area contributed by atoms with E-state index in [0.717, 1.165) is 25.8 Å². The second-order valence-electron chi connectivity index (χ2n) is 9.73. The Bertz CT molecular complexity index is 799. The molecule has 0 aromatic heterocycles. The van der Waals surface area contributed by atoms with Gasteiger partial charge in [0.2, 0.25) is 0 Å². The van der Waals surface area contributed by atoms with E-state index in [2.05, 4.69) is 26.1 Å². The highest BCUT2D eigenvalue weighted by Gasteiger charge is 2.50. The number of urea groups is 1. The topological polar surface area (TPSA) is 69.7 Å². The molecule has 4 amide bonds. The standard InChI is InChI=1S/C22H29N3O3/c1-21(2)11-15-12-22(3,13-21)14-25(15)20(28)23-9-6-10-24-18(26)16-7-4-5-8-17(16)19(24)27/h4-5,7-8,15H,6,9-14H2,1-3H3,(H,23,28). The van der Waals surface area contributed by atoms with Gasteiger partial charge in [-0.3, -0.25) is 14.5 Å². The summed E-state index contributed by atoms with van der Waals surface area (Å²) in [6, 6.07) is 7.19. The van der Waals surface area contributed by atoms with E-state index in [9.17, 15) is 14.4 Å². The lowest BCUT2D eigenvalue weighted by Crippen LogP contribution is -2.44. The lowest BCUT2D eigenvalue weighted by molar-refractivity contribution is 0.0653. The maximum Gasteiger partial charge on any atom is 0.317 e. The molecule has 0 radical (unpaired) electrons. The van der Waals surface area contributed by atoms with Gasteiger partial charge in [0, 0.05) is 25.7 Å². The summed E-state index contributed by atoms with van der Waals surface area (Å²) in [7, 11) is 0. The Morgan fingerprint density at radius 1 is 1.11 bits per heavy atom. The number of benzene rings is 1. The molecule has 1 N–H and O–H groups in total. The fourth-order valence-electron chi connectivity index (χ4n) is 5.67. The predicted octanol–water partition coefficient (Wildman–Crippen LogP) is 3.28. The van der Waals surface area contributed by atoms with E-state index < -0.39 is 0 Å². The Morgan fingerprint density at radius 3 is 2.39 bits per heavy atom. The molecule has 2 atom stereocenters. The lowest BCUT2D eigenvalue weighted by Gasteiger charge is -2.39. The van der Waals surface area contributed by atoms with Gasteiger partial charge < -0.3 is 10.2 Å². The van der Waals surface area contributed by atoms with Gasteiger partial charge in [0.1, 0.15) is 0 Å². The first-order valence-corrected chi connectivity index (χ1v) is 10.2. The van der Waals surface area contributed by atoms with Crippen molar-refractivity contribution in [2.24, 2.45) is 10.8 Å². The molecule has 1 aromatic rings. The molecule has 2 bridgehead atoms. The Labute approximate surface area is 166 Å². The summed E-state index contributed by atoms with van der Waals surface area (Å²) in [5.74, 6) is -0.481. The van der Waals surface area contributed by atoms with E-state index in [4.69, 9.17) is 0 Å². The molecular formula is C22H29N3O3. The van der Waals surface area contributed by atoms with Crippen LogP contribution in [0.1, 0.15) is 67.2 Å². The van der Waals surface area contributed by atoms with Crippen molar-refractivity contribution in [2.75, 3.05) is 19.6 Å². The number of fused-ring (bicyclic) bond motifs is 3. The third kappa shape index (κ3) is 3.29. The van der Waals surface area contributed by atoms with Gasteiger partial charge in [0.25, 0.3) is 11.8 Å². The Hall–Kier alpha value is -2.37. The number of carbonyl (C=O) groups is 3. The number of hydrogen-bond donors (Lipinski definition) is 1. The van der Waals surface area contributed by atoms with E-state index in [1.54, 1.807) is 24.3 Å². The van der Waals surface area contributed by atoms with Gasteiger partial charge >= 0.3 is 6.03 Å². The van der Waals surface area contributed by atoms with Crippen LogP contribution >= 0.6 is 0 Å². The number of likely N-dealkylation sites (tertiary alicyclic amines) is 1. The summed E-state index contributed by atoms with van der Waals surface area (Å²) in [4.78, 5) is 40.7. The zero-order valence-electron chi connectivity index (χ0n) is 17.0. The molecule has 6 heteroatoms. The smallest absolute Gasteiger partial charge is 0.317 e. The molecular weight excluding hydrogens is 354 g/mol. The molecule has 1 saturated heterocycles. The SMILES string of the molecule is CC1(C)CC2CC(C)(CN2C(=O)NCCCN2C(=O)c3ccccc3C2=O)C1. The molecule has 2 fully saturated rings. The van der Waals surface area contributed by atoms with Gasteiger partial charge in [-0.25, -0.2) is 4.79 Å². The maximum atomic E-state index is 12.7. The number of nitrogens with one attached hydrogen (secondary N) is 1. The first-order valence-electron chi connectivity index (χ1n) is 10.2. The summed E-state index contributed by atoms with van der Waals surface area (Å²) < 4.78 is 0. The van der Waals surface area contributed by atoms with Crippen molar-refractivity contribution in [3.8, 4) is 0 Å². The van der Waals surface area contributed by atoms with Crippen LogP contribution < -0.4 is 5.32 Å². The molecule has 2 unspecified atom stereocenters. The number of carbonyl (C=O) groups excluding carboxylic acids is 3. The van der Waals surface area contributed by atoms with Crippen molar-refractivity contribution in [2.45, 2.75) is 52.5 Å². The van der Waals surface area contributed by atoms with Crippen LogP contribution in [0.3, 0.4) is 0 Å². The largest absolute Gasteiger partial charge is 0.338 e. The van der Waals surface area contributed by atoms with Crippen molar-refractivity contribution in [1.29, 1.82) is 0 Å². The Morgan fingerprint density at radius 2 is 1.75 bits per heavy atom. The first kappa shape index (κ1) is 19.0. The van der Waals surface area contributed by atoms with Crippen LogP contribution in [-0.2, 0) is 0 Å². The molecule has 150 valence electrons. The van der Waals surface area contributed by atoms with Crippen LogP contribution in [0.5, 0.6) is 0 Å². The molecule has 2 aliphatic heterocycles. The highest BCUT2D eigenvalue weighted by Crippen LogP contribution is 2.52. The predicted molar refractivity (Wildman–Crippen MR) is 106 cm³/mol. The van der Waals surface area contributed by atoms with E-state index in [1.165, 1.54) is 4.90 Å². The minimum atomic E-state index is -0.240. The monoisotopic (exact) mass is 383 g/mol. The molecule has 4 rings (SSSR count). The highest BCUT2D eigenvalue weighted by atomic mass is 16.2. The van der Waals surface area contributed by atoms with Gasteiger partial charge in [-0.2, -0.15) is 0 Å². The zero-order valence-corrected chi connectivity index (χ0v) is 17.0. The molecule has 6 nitrogen and oxygen atoms in total. The molecule has 1 aromatic carbocycles. The minimum Gasteiger partial charge on any atom is -0.338 e. The van der Waals surface area contributed by atoms with Gasteiger partial charge in [-0.05, 0) is 48.6 Å². The average Bonchev–Trinajstić information content (AvgIpc) is 3.02. The summed E-state index contributed by atoms with van der Waals surface area (Å²) in [5, 5.41) is 2.99. The minimum absolute atomic E-state index is 0.0196. The van der Waals surface area contributed by atoms with Crippen molar-refractivity contribution in [3.63, 3.8) is 0 Å². The molecule has 2 heterocycles. The van der Waals surface area contributed by atoms with Crippen molar-refractivity contribution in [3.05, 3.63) is 35.4 Å². The molecule has 0 spiro atoms. The molecule has 1 aliphatic carbocycles. The van der Waals surface area contributed by atoms with Gasteiger partial charge in [0.05, 0.1) is 11.1 Å².